The molecule has 0 saturated heterocycles. The van der Waals surface area contributed by atoms with Gasteiger partial charge in [0.15, 0.2) is 0 Å². The van der Waals surface area contributed by atoms with Crippen LogP contribution in [0.25, 0.3) is 0 Å². The Morgan fingerprint density at radius 2 is 1.65 bits per heavy atom. The Kier molecular flexibility index (Phi) is 8.70. The lowest BCUT2D eigenvalue weighted by molar-refractivity contribution is -0.126. The molecule has 0 aromatic heterocycles. The number of hydrogen-bond acceptors (Lipinski definition) is 3. The maximum atomic E-state index is 11.7. The molecule has 0 saturated carbocycles. The molecule has 0 heterocycles. The molecule has 0 aromatic carbocycles. The summed E-state index contributed by atoms with van der Waals surface area (Å²) in [5.41, 5.74) is -0.118. The van der Waals surface area contributed by atoms with E-state index in [1.807, 2.05) is 13.8 Å². The van der Waals surface area contributed by atoms with Gasteiger partial charge in [0.2, 0.25) is 5.91 Å². The van der Waals surface area contributed by atoms with Crippen LogP contribution in [0.3, 0.4) is 0 Å². The molecular weight excluding hydrogens is 252 g/mol. The zero-order valence-electron chi connectivity index (χ0n) is 14.0. The predicted octanol–water partition coefficient (Wildman–Crippen LogP) is 2.52. The summed E-state index contributed by atoms with van der Waals surface area (Å²) in [7, 11) is 0. The SMILES string of the molecule is CC(C)CCNC(C)(C)CNC(=O)CCC(=O)C(C)C. The van der Waals surface area contributed by atoms with Gasteiger partial charge in [-0.2, -0.15) is 0 Å². The number of amides is 1. The molecule has 1 amide bonds. The van der Waals surface area contributed by atoms with Crippen LogP contribution in [0.2, 0.25) is 0 Å². The topological polar surface area (TPSA) is 58.2 Å². The van der Waals surface area contributed by atoms with Gasteiger partial charge >= 0.3 is 0 Å². The molecule has 4 heteroatoms. The minimum Gasteiger partial charge on any atom is -0.354 e. The molecule has 0 unspecified atom stereocenters. The maximum Gasteiger partial charge on any atom is 0.220 e. The minimum atomic E-state index is -0.118. The molecule has 4 nitrogen and oxygen atoms in total. The molecular formula is C16H32N2O2. The molecule has 20 heavy (non-hydrogen) atoms. The van der Waals surface area contributed by atoms with Gasteiger partial charge in [0, 0.05) is 30.8 Å². The van der Waals surface area contributed by atoms with Crippen molar-refractivity contribution in [3.05, 3.63) is 0 Å². The molecule has 0 radical (unpaired) electrons. The van der Waals surface area contributed by atoms with E-state index >= 15 is 0 Å². The van der Waals surface area contributed by atoms with Gasteiger partial charge in [0.1, 0.15) is 5.78 Å². The van der Waals surface area contributed by atoms with Gasteiger partial charge < -0.3 is 10.6 Å². The minimum absolute atomic E-state index is 0.0111. The highest BCUT2D eigenvalue weighted by molar-refractivity contribution is 5.85. The van der Waals surface area contributed by atoms with Crippen molar-refractivity contribution in [1.82, 2.24) is 10.6 Å². The fourth-order valence-electron chi connectivity index (χ4n) is 1.70. The average Bonchev–Trinajstić information content (AvgIpc) is 2.32. The Bertz CT molecular complexity index is 310. The molecule has 0 aromatic rings. The van der Waals surface area contributed by atoms with Crippen LogP contribution in [0.1, 0.15) is 60.8 Å². The van der Waals surface area contributed by atoms with Gasteiger partial charge in [-0.3, -0.25) is 9.59 Å². The van der Waals surface area contributed by atoms with Crippen molar-refractivity contribution in [1.29, 1.82) is 0 Å². The zero-order chi connectivity index (χ0) is 15.8. The second kappa shape index (κ2) is 9.11. The third-order valence-electron chi connectivity index (χ3n) is 3.30. The average molecular weight is 284 g/mol. The number of hydrogen-bond donors (Lipinski definition) is 2. The molecule has 2 N–H and O–H groups in total. The van der Waals surface area contributed by atoms with Crippen LogP contribution < -0.4 is 10.6 Å². The lowest BCUT2D eigenvalue weighted by atomic mass is 10.0. The van der Waals surface area contributed by atoms with Gasteiger partial charge in [0.05, 0.1) is 0 Å². The van der Waals surface area contributed by atoms with Gasteiger partial charge in [-0.05, 0) is 32.7 Å². The molecule has 0 bridgehead atoms. The van der Waals surface area contributed by atoms with E-state index in [1.165, 1.54) is 0 Å². The summed E-state index contributed by atoms with van der Waals surface area (Å²) in [6, 6.07) is 0. The smallest absolute Gasteiger partial charge is 0.220 e. The highest BCUT2D eigenvalue weighted by atomic mass is 16.2. The maximum absolute atomic E-state index is 11.7. The first-order valence-corrected chi connectivity index (χ1v) is 7.68. The van der Waals surface area contributed by atoms with E-state index in [0.717, 1.165) is 13.0 Å². The van der Waals surface area contributed by atoms with Crippen LogP contribution in [-0.4, -0.2) is 30.3 Å². The van der Waals surface area contributed by atoms with E-state index < -0.39 is 0 Å². The van der Waals surface area contributed by atoms with Gasteiger partial charge in [0.25, 0.3) is 0 Å². The second-order valence-electron chi connectivity index (χ2n) is 6.89. The van der Waals surface area contributed by atoms with E-state index in [2.05, 4.69) is 38.3 Å². The first-order chi connectivity index (χ1) is 9.14. The number of rotatable bonds is 10. The quantitative estimate of drug-likeness (QED) is 0.648. The van der Waals surface area contributed by atoms with E-state index in [-0.39, 0.29) is 23.1 Å². The zero-order valence-corrected chi connectivity index (χ0v) is 14.0. The number of carbonyl (C=O) groups is 2. The summed E-state index contributed by atoms with van der Waals surface area (Å²) in [5.74, 6) is 0.791. The van der Waals surface area contributed by atoms with Crippen LogP contribution in [0.5, 0.6) is 0 Å². The summed E-state index contributed by atoms with van der Waals surface area (Å²) >= 11 is 0. The van der Waals surface area contributed by atoms with Gasteiger partial charge in [-0.1, -0.05) is 27.7 Å². The summed E-state index contributed by atoms with van der Waals surface area (Å²) in [6.45, 7) is 13.8. The third kappa shape index (κ3) is 9.96. The van der Waals surface area contributed by atoms with E-state index in [4.69, 9.17) is 0 Å². The Morgan fingerprint density at radius 3 is 2.15 bits per heavy atom. The molecule has 0 aliphatic rings. The predicted molar refractivity (Wildman–Crippen MR) is 83.6 cm³/mol. The Balaban J connectivity index is 3.89. The highest BCUT2D eigenvalue weighted by Gasteiger charge is 2.18. The van der Waals surface area contributed by atoms with E-state index in [0.29, 0.717) is 25.3 Å². The molecule has 0 aliphatic heterocycles. The molecule has 0 rings (SSSR count). The van der Waals surface area contributed by atoms with Gasteiger partial charge in [-0.25, -0.2) is 0 Å². The van der Waals surface area contributed by atoms with Crippen LogP contribution in [0, 0.1) is 11.8 Å². The lowest BCUT2D eigenvalue weighted by Crippen LogP contribution is -2.49. The van der Waals surface area contributed by atoms with Crippen molar-refractivity contribution < 1.29 is 9.59 Å². The van der Waals surface area contributed by atoms with Crippen LogP contribution in [0.4, 0.5) is 0 Å². The molecule has 0 spiro atoms. The Morgan fingerprint density at radius 1 is 1.05 bits per heavy atom. The van der Waals surface area contributed by atoms with Crippen molar-refractivity contribution in [3.8, 4) is 0 Å². The number of carbonyl (C=O) groups excluding carboxylic acids is 2. The second-order valence-corrected chi connectivity index (χ2v) is 6.89. The van der Waals surface area contributed by atoms with Crippen molar-refractivity contribution in [2.75, 3.05) is 13.1 Å². The number of Topliss-reactive ketones (excluding diaryl/α,β-unsaturated/α-hetero) is 1. The molecule has 0 fully saturated rings. The highest BCUT2D eigenvalue weighted by Crippen LogP contribution is 2.05. The Hall–Kier alpha value is -0.900. The van der Waals surface area contributed by atoms with Crippen LogP contribution in [-0.2, 0) is 9.59 Å². The monoisotopic (exact) mass is 284 g/mol. The largest absolute Gasteiger partial charge is 0.354 e. The summed E-state index contributed by atoms with van der Waals surface area (Å²) in [6.07, 6.45) is 1.75. The molecule has 0 aliphatic carbocycles. The summed E-state index contributed by atoms with van der Waals surface area (Å²) < 4.78 is 0. The summed E-state index contributed by atoms with van der Waals surface area (Å²) in [4.78, 5) is 23.2. The Labute approximate surface area is 124 Å². The number of nitrogens with one attached hydrogen (secondary N) is 2. The lowest BCUT2D eigenvalue weighted by Gasteiger charge is -2.27. The fraction of sp³-hybridized carbons (Fsp3) is 0.875. The van der Waals surface area contributed by atoms with Crippen LogP contribution in [0.15, 0.2) is 0 Å². The van der Waals surface area contributed by atoms with Crippen molar-refractivity contribution in [2.45, 2.75) is 66.3 Å². The van der Waals surface area contributed by atoms with E-state index in [1.54, 1.807) is 0 Å². The first-order valence-electron chi connectivity index (χ1n) is 7.68. The van der Waals surface area contributed by atoms with Gasteiger partial charge in [-0.15, -0.1) is 0 Å². The summed E-state index contributed by atoms with van der Waals surface area (Å²) in [5, 5.41) is 6.35. The van der Waals surface area contributed by atoms with Crippen molar-refractivity contribution in [3.63, 3.8) is 0 Å². The van der Waals surface area contributed by atoms with Crippen LogP contribution >= 0.6 is 0 Å². The third-order valence-corrected chi connectivity index (χ3v) is 3.30. The van der Waals surface area contributed by atoms with E-state index in [9.17, 15) is 9.59 Å². The van der Waals surface area contributed by atoms with Crippen molar-refractivity contribution >= 4 is 11.7 Å². The standard InChI is InChI=1S/C16H32N2O2/c1-12(2)9-10-18-16(5,6)11-17-15(20)8-7-14(19)13(3)4/h12-13,18H,7-11H2,1-6H3,(H,17,20). The van der Waals surface area contributed by atoms with Crippen molar-refractivity contribution in [2.24, 2.45) is 11.8 Å². The fourth-order valence-corrected chi connectivity index (χ4v) is 1.70. The number of ketones is 1. The molecule has 118 valence electrons. The first kappa shape index (κ1) is 19.1. The molecule has 0 atom stereocenters. The normalized spacial score (nSPS) is 12.0.